The van der Waals surface area contributed by atoms with Crippen LogP contribution in [0.25, 0.3) is 6.08 Å². The first kappa shape index (κ1) is 14.0. The zero-order chi connectivity index (χ0) is 14.7. The van der Waals surface area contributed by atoms with Crippen molar-refractivity contribution in [3.8, 4) is 0 Å². The van der Waals surface area contributed by atoms with Gasteiger partial charge in [0.1, 0.15) is 0 Å². The highest BCUT2D eigenvalue weighted by Crippen LogP contribution is 2.21. The zero-order valence-electron chi connectivity index (χ0n) is 11.6. The third-order valence-corrected chi connectivity index (χ3v) is 5.20. The predicted molar refractivity (Wildman–Crippen MR) is 85.0 cm³/mol. The first-order chi connectivity index (χ1) is 10.1. The molecule has 4 heteroatoms. The fourth-order valence-electron chi connectivity index (χ4n) is 2.50. The lowest BCUT2D eigenvalue weighted by Gasteiger charge is -2.26. The predicted octanol–water partition coefficient (Wildman–Crippen LogP) is 3.05. The molecule has 1 aliphatic heterocycles. The molecule has 0 saturated carbocycles. The minimum Gasteiger partial charge on any atom is -0.207 e. The lowest BCUT2D eigenvalue weighted by atomic mass is 10.0. The molecule has 1 heterocycles. The van der Waals surface area contributed by atoms with Gasteiger partial charge in [0.2, 0.25) is 10.0 Å². The van der Waals surface area contributed by atoms with E-state index in [9.17, 15) is 8.42 Å². The van der Waals surface area contributed by atoms with Gasteiger partial charge < -0.3 is 0 Å². The largest absolute Gasteiger partial charge is 0.236 e. The molecule has 0 atom stereocenters. The van der Waals surface area contributed by atoms with Gasteiger partial charge in [-0.15, -0.1) is 0 Å². The fraction of sp³-hybridized carbons (Fsp3) is 0.176. The van der Waals surface area contributed by atoms with Gasteiger partial charge in [0.25, 0.3) is 0 Å². The highest BCUT2D eigenvalue weighted by Gasteiger charge is 2.24. The number of fused-ring (bicyclic) bond motifs is 1. The van der Waals surface area contributed by atoms with Crippen LogP contribution in [-0.2, 0) is 23.0 Å². The van der Waals surface area contributed by atoms with Crippen molar-refractivity contribution in [1.82, 2.24) is 4.31 Å². The minimum atomic E-state index is -3.37. The van der Waals surface area contributed by atoms with Crippen molar-refractivity contribution in [2.24, 2.45) is 0 Å². The maximum absolute atomic E-state index is 12.4. The van der Waals surface area contributed by atoms with Crippen LogP contribution in [0, 0.1) is 0 Å². The van der Waals surface area contributed by atoms with E-state index in [-0.39, 0.29) is 0 Å². The standard InChI is InChI=1S/C17H17NO2S/c19-21(20,13-11-15-6-2-1-3-7-15)18-12-10-16-8-4-5-9-17(16)14-18/h1-9,11,13H,10,12,14H2. The van der Waals surface area contributed by atoms with E-state index in [1.807, 2.05) is 48.5 Å². The van der Waals surface area contributed by atoms with Crippen molar-refractivity contribution in [3.63, 3.8) is 0 Å². The Morgan fingerprint density at radius 1 is 0.905 bits per heavy atom. The lowest BCUT2D eigenvalue weighted by molar-refractivity contribution is 0.397. The maximum atomic E-state index is 12.4. The zero-order valence-corrected chi connectivity index (χ0v) is 12.5. The average molecular weight is 299 g/mol. The molecule has 0 aliphatic carbocycles. The molecule has 3 nitrogen and oxygen atoms in total. The summed E-state index contributed by atoms with van der Waals surface area (Å²) in [4.78, 5) is 0. The third kappa shape index (κ3) is 3.23. The quantitative estimate of drug-likeness (QED) is 0.873. The number of sulfonamides is 1. The van der Waals surface area contributed by atoms with Crippen LogP contribution in [0.1, 0.15) is 16.7 Å². The summed E-state index contributed by atoms with van der Waals surface area (Å²) in [5.74, 6) is 0. The van der Waals surface area contributed by atoms with Gasteiger partial charge in [-0.05, 0) is 29.2 Å². The molecular formula is C17H17NO2S. The summed E-state index contributed by atoms with van der Waals surface area (Å²) < 4.78 is 26.4. The molecule has 1 aliphatic rings. The summed E-state index contributed by atoms with van der Waals surface area (Å²) in [6.07, 6.45) is 2.42. The van der Waals surface area contributed by atoms with E-state index in [1.54, 1.807) is 6.08 Å². The van der Waals surface area contributed by atoms with Gasteiger partial charge >= 0.3 is 0 Å². The van der Waals surface area contributed by atoms with Crippen LogP contribution in [0.2, 0.25) is 0 Å². The number of rotatable bonds is 3. The molecule has 21 heavy (non-hydrogen) atoms. The minimum absolute atomic E-state index is 0.456. The second-order valence-corrected chi connectivity index (χ2v) is 6.93. The van der Waals surface area contributed by atoms with E-state index in [0.717, 1.165) is 17.5 Å². The topological polar surface area (TPSA) is 37.4 Å². The van der Waals surface area contributed by atoms with E-state index in [1.165, 1.54) is 15.3 Å². The molecular weight excluding hydrogens is 282 g/mol. The van der Waals surface area contributed by atoms with E-state index in [2.05, 4.69) is 6.07 Å². The molecule has 3 rings (SSSR count). The van der Waals surface area contributed by atoms with Crippen molar-refractivity contribution in [3.05, 3.63) is 76.7 Å². The van der Waals surface area contributed by atoms with Crippen molar-refractivity contribution < 1.29 is 8.42 Å². The van der Waals surface area contributed by atoms with Crippen LogP contribution in [-0.4, -0.2) is 19.3 Å². The molecule has 0 amide bonds. The summed E-state index contributed by atoms with van der Waals surface area (Å²) >= 11 is 0. The molecule has 0 radical (unpaired) electrons. The number of hydrogen-bond donors (Lipinski definition) is 0. The van der Waals surface area contributed by atoms with Crippen LogP contribution >= 0.6 is 0 Å². The third-order valence-electron chi connectivity index (χ3n) is 3.69. The van der Waals surface area contributed by atoms with Crippen molar-refractivity contribution in [2.45, 2.75) is 13.0 Å². The highest BCUT2D eigenvalue weighted by molar-refractivity contribution is 7.92. The highest BCUT2D eigenvalue weighted by atomic mass is 32.2. The Morgan fingerprint density at radius 2 is 1.57 bits per heavy atom. The molecule has 108 valence electrons. The van der Waals surface area contributed by atoms with Crippen molar-refractivity contribution >= 4 is 16.1 Å². The molecule has 2 aromatic carbocycles. The molecule has 0 spiro atoms. The van der Waals surface area contributed by atoms with Crippen molar-refractivity contribution in [1.29, 1.82) is 0 Å². The Morgan fingerprint density at radius 3 is 2.33 bits per heavy atom. The molecule has 0 unspecified atom stereocenters. The van der Waals surface area contributed by atoms with Gasteiger partial charge in [0, 0.05) is 18.5 Å². The van der Waals surface area contributed by atoms with Gasteiger partial charge in [-0.2, -0.15) is 4.31 Å². The maximum Gasteiger partial charge on any atom is 0.236 e. The van der Waals surface area contributed by atoms with Crippen LogP contribution in [0.15, 0.2) is 60.0 Å². The van der Waals surface area contributed by atoms with Crippen LogP contribution < -0.4 is 0 Å². The number of benzene rings is 2. The lowest BCUT2D eigenvalue weighted by Crippen LogP contribution is -2.34. The second-order valence-electron chi connectivity index (χ2n) is 5.11. The van der Waals surface area contributed by atoms with Crippen LogP contribution in [0.3, 0.4) is 0 Å². The smallest absolute Gasteiger partial charge is 0.207 e. The van der Waals surface area contributed by atoms with Crippen LogP contribution in [0.5, 0.6) is 0 Å². The molecule has 0 bridgehead atoms. The molecule has 0 fully saturated rings. The van der Waals surface area contributed by atoms with Crippen LogP contribution in [0.4, 0.5) is 0 Å². The molecule has 0 saturated heterocycles. The van der Waals surface area contributed by atoms with E-state index >= 15 is 0 Å². The monoisotopic (exact) mass is 299 g/mol. The first-order valence-electron chi connectivity index (χ1n) is 6.95. The Bertz CT molecular complexity index is 751. The Balaban J connectivity index is 1.79. The van der Waals surface area contributed by atoms with Gasteiger partial charge in [-0.3, -0.25) is 0 Å². The van der Waals surface area contributed by atoms with Crippen molar-refractivity contribution in [2.75, 3.05) is 6.54 Å². The van der Waals surface area contributed by atoms with E-state index in [0.29, 0.717) is 13.1 Å². The molecule has 0 aromatic heterocycles. The first-order valence-corrected chi connectivity index (χ1v) is 8.45. The van der Waals surface area contributed by atoms with E-state index in [4.69, 9.17) is 0 Å². The summed E-state index contributed by atoms with van der Waals surface area (Å²) in [7, 11) is -3.37. The average Bonchev–Trinajstić information content (AvgIpc) is 2.53. The Hall–Kier alpha value is -1.91. The molecule has 0 N–H and O–H groups in total. The molecule has 2 aromatic rings. The van der Waals surface area contributed by atoms with E-state index < -0.39 is 10.0 Å². The summed E-state index contributed by atoms with van der Waals surface area (Å²) in [5, 5.41) is 1.30. The van der Waals surface area contributed by atoms with Gasteiger partial charge in [-0.1, -0.05) is 54.6 Å². The van der Waals surface area contributed by atoms with Gasteiger partial charge in [0.05, 0.1) is 0 Å². The summed E-state index contributed by atoms with van der Waals surface area (Å²) in [5.41, 5.74) is 3.23. The Labute approximate surface area is 125 Å². The normalized spacial score (nSPS) is 16.0. The fourth-order valence-corrected chi connectivity index (χ4v) is 3.67. The second kappa shape index (κ2) is 5.84. The number of hydrogen-bond acceptors (Lipinski definition) is 2. The van der Waals surface area contributed by atoms with Gasteiger partial charge in [-0.25, -0.2) is 8.42 Å². The summed E-state index contributed by atoms with van der Waals surface area (Å²) in [6, 6.07) is 17.5. The Kier molecular flexibility index (Phi) is 3.90. The number of nitrogens with zero attached hydrogens (tertiary/aromatic N) is 1. The van der Waals surface area contributed by atoms with Gasteiger partial charge in [0.15, 0.2) is 0 Å². The SMILES string of the molecule is O=S(=O)(C=Cc1ccccc1)N1CCc2ccccc2C1. The summed E-state index contributed by atoms with van der Waals surface area (Å²) in [6.45, 7) is 0.996.